The second-order valence-corrected chi connectivity index (χ2v) is 6.93. The van der Waals surface area contributed by atoms with Crippen molar-refractivity contribution >= 4 is 11.7 Å². The van der Waals surface area contributed by atoms with Crippen LogP contribution in [-0.2, 0) is 11.2 Å². The van der Waals surface area contributed by atoms with Crippen LogP contribution in [0.2, 0.25) is 0 Å². The molecule has 1 saturated heterocycles. The molecule has 0 N–H and O–H groups in total. The highest BCUT2D eigenvalue weighted by Gasteiger charge is 2.34. The van der Waals surface area contributed by atoms with Crippen LogP contribution in [0.5, 0.6) is 0 Å². The number of aromatic nitrogens is 2. The number of hydrogen-bond donors (Lipinski definition) is 0. The lowest BCUT2D eigenvalue weighted by atomic mass is 10.1. The van der Waals surface area contributed by atoms with E-state index < -0.39 is 0 Å². The smallest absolute Gasteiger partial charge is 0.225 e. The summed E-state index contributed by atoms with van der Waals surface area (Å²) in [4.78, 5) is 25.8. The zero-order valence-corrected chi connectivity index (χ0v) is 14.5. The van der Waals surface area contributed by atoms with E-state index in [-0.39, 0.29) is 0 Å². The largest absolute Gasteiger partial charge is 0.355 e. The summed E-state index contributed by atoms with van der Waals surface area (Å²) in [7, 11) is 0. The fourth-order valence-corrected chi connectivity index (χ4v) is 3.38. The van der Waals surface area contributed by atoms with Gasteiger partial charge >= 0.3 is 0 Å². The van der Waals surface area contributed by atoms with Crippen molar-refractivity contribution in [3.63, 3.8) is 0 Å². The van der Waals surface area contributed by atoms with Crippen LogP contribution in [0, 0.1) is 5.92 Å². The first kappa shape index (κ1) is 16.1. The molecule has 5 heteroatoms. The van der Waals surface area contributed by atoms with Gasteiger partial charge in [0.2, 0.25) is 5.91 Å². The monoisotopic (exact) mass is 336 g/mol. The third-order valence-corrected chi connectivity index (χ3v) is 4.95. The van der Waals surface area contributed by atoms with E-state index in [9.17, 15) is 4.79 Å². The van der Waals surface area contributed by atoms with E-state index in [1.54, 1.807) is 0 Å². The van der Waals surface area contributed by atoms with E-state index in [0.717, 1.165) is 63.5 Å². The normalized spacial score (nSPS) is 18.1. The van der Waals surface area contributed by atoms with Gasteiger partial charge < -0.3 is 9.80 Å². The van der Waals surface area contributed by atoms with Gasteiger partial charge in [0.1, 0.15) is 11.6 Å². The lowest BCUT2D eigenvalue weighted by Crippen LogP contribution is -2.36. The molecule has 0 spiro atoms. The third-order valence-electron chi connectivity index (χ3n) is 4.95. The number of rotatable bonds is 4. The van der Waals surface area contributed by atoms with Gasteiger partial charge in [-0.15, -0.1) is 0 Å². The SMILES string of the molecule is O=C(C1CC1)N1CCCN(c2ccnc(Cc3ccccc3)n2)CC1. The predicted molar refractivity (Wildman–Crippen MR) is 97.4 cm³/mol. The number of nitrogens with zero attached hydrogens (tertiary/aromatic N) is 4. The molecule has 1 aliphatic heterocycles. The predicted octanol–water partition coefficient (Wildman–Crippen LogP) is 2.52. The molecule has 0 bridgehead atoms. The average molecular weight is 336 g/mol. The van der Waals surface area contributed by atoms with Gasteiger partial charge in [-0.1, -0.05) is 30.3 Å². The standard InChI is InChI=1S/C20H24N4O/c25-20(17-7-8-17)24-12-4-11-23(13-14-24)19-9-10-21-18(22-19)15-16-5-2-1-3-6-16/h1-3,5-6,9-10,17H,4,7-8,11-15H2. The van der Waals surface area contributed by atoms with Crippen LogP contribution >= 0.6 is 0 Å². The van der Waals surface area contributed by atoms with Gasteiger partial charge in [-0.25, -0.2) is 9.97 Å². The summed E-state index contributed by atoms with van der Waals surface area (Å²) in [6.07, 6.45) is 5.74. The summed E-state index contributed by atoms with van der Waals surface area (Å²) in [5.41, 5.74) is 1.22. The van der Waals surface area contributed by atoms with Crippen molar-refractivity contribution in [2.24, 2.45) is 5.92 Å². The Morgan fingerprint density at radius 1 is 1.04 bits per heavy atom. The maximum absolute atomic E-state index is 12.3. The number of benzene rings is 1. The highest BCUT2D eigenvalue weighted by molar-refractivity contribution is 5.81. The number of hydrogen-bond acceptors (Lipinski definition) is 4. The molecule has 1 aliphatic carbocycles. The number of carbonyl (C=O) groups excluding carboxylic acids is 1. The number of anilines is 1. The molecular formula is C20H24N4O. The highest BCUT2D eigenvalue weighted by Crippen LogP contribution is 2.31. The molecule has 0 radical (unpaired) electrons. The van der Waals surface area contributed by atoms with Crippen LogP contribution in [-0.4, -0.2) is 47.0 Å². The number of carbonyl (C=O) groups is 1. The van der Waals surface area contributed by atoms with Gasteiger partial charge in [-0.3, -0.25) is 4.79 Å². The first-order valence-corrected chi connectivity index (χ1v) is 9.19. The summed E-state index contributed by atoms with van der Waals surface area (Å²) in [6.45, 7) is 3.46. The molecule has 0 atom stereocenters. The van der Waals surface area contributed by atoms with E-state index in [1.165, 1.54) is 5.56 Å². The van der Waals surface area contributed by atoms with Crippen molar-refractivity contribution < 1.29 is 4.79 Å². The third kappa shape index (κ3) is 3.98. The van der Waals surface area contributed by atoms with Gasteiger partial charge in [0, 0.05) is 44.7 Å². The van der Waals surface area contributed by atoms with Crippen molar-refractivity contribution in [3.8, 4) is 0 Å². The molecule has 0 unspecified atom stereocenters. The van der Waals surface area contributed by atoms with Gasteiger partial charge in [0.15, 0.2) is 0 Å². The molecule has 25 heavy (non-hydrogen) atoms. The van der Waals surface area contributed by atoms with Gasteiger partial charge in [0.05, 0.1) is 0 Å². The molecule has 2 heterocycles. The van der Waals surface area contributed by atoms with Crippen LogP contribution in [0.15, 0.2) is 42.6 Å². The zero-order valence-electron chi connectivity index (χ0n) is 14.5. The Bertz CT molecular complexity index is 729. The fourth-order valence-electron chi connectivity index (χ4n) is 3.38. The van der Waals surface area contributed by atoms with Crippen molar-refractivity contribution in [2.45, 2.75) is 25.7 Å². The molecule has 5 nitrogen and oxygen atoms in total. The Labute approximate surface area is 148 Å². The summed E-state index contributed by atoms with van der Waals surface area (Å²) >= 11 is 0. The lowest BCUT2D eigenvalue weighted by molar-refractivity contribution is -0.132. The maximum Gasteiger partial charge on any atom is 0.225 e. The zero-order chi connectivity index (χ0) is 17.1. The summed E-state index contributed by atoms with van der Waals surface area (Å²) in [6, 6.07) is 12.3. The van der Waals surface area contributed by atoms with Gasteiger partial charge in [0.25, 0.3) is 0 Å². The summed E-state index contributed by atoms with van der Waals surface area (Å²) < 4.78 is 0. The lowest BCUT2D eigenvalue weighted by Gasteiger charge is -2.23. The second-order valence-electron chi connectivity index (χ2n) is 6.93. The van der Waals surface area contributed by atoms with E-state index in [0.29, 0.717) is 11.8 Å². The second kappa shape index (κ2) is 7.21. The van der Waals surface area contributed by atoms with E-state index in [4.69, 9.17) is 4.98 Å². The minimum absolute atomic E-state index is 0.308. The molecule has 1 aromatic heterocycles. The fraction of sp³-hybridized carbons (Fsp3) is 0.450. The number of amides is 1. The average Bonchev–Trinajstić information content (AvgIpc) is 3.49. The van der Waals surface area contributed by atoms with Crippen LogP contribution in [0.4, 0.5) is 5.82 Å². The summed E-state index contributed by atoms with van der Waals surface area (Å²) in [5.74, 6) is 2.48. The molecule has 2 aliphatic rings. The van der Waals surface area contributed by atoms with Crippen LogP contribution in [0.1, 0.15) is 30.7 Å². The molecule has 2 fully saturated rings. The molecule has 1 saturated carbocycles. The molecule has 1 aromatic carbocycles. The van der Waals surface area contributed by atoms with Crippen LogP contribution in [0.25, 0.3) is 0 Å². The van der Waals surface area contributed by atoms with Crippen LogP contribution in [0.3, 0.4) is 0 Å². The Balaban J connectivity index is 1.42. The first-order valence-electron chi connectivity index (χ1n) is 9.19. The maximum atomic E-state index is 12.3. The Morgan fingerprint density at radius 2 is 1.88 bits per heavy atom. The quantitative estimate of drug-likeness (QED) is 0.861. The summed E-state index contributed by atoms with van der Waals surface area (Å²) in [5, 5.41) is 0. The first-order chi connectivity index (χ1) is 12.3. The van der Waals surface area contributed by atoms with Crippen molar-refractivity contribution in [1.29, 1.82) is 0 Å². The molecule has 1 amide bonds. The molecule has 4 rings (SSSR count). The van der Waals surface area contributed by atoms with Crippen molar-refractivity contribution in [1.82, 2.24) is 14.9 Å². The Hall–Kier alpha value is -2.43. The minimum atomic E-state index is 0.308. The van der Waals surface area contributed by atoms with Crippen molar-refractivity contribution in [2.75, 3.05) is 31.1 Å². The van der Waals surface area contributed by atoms with Gasteiger partial charge in [-0.05, 0) is 30.9 Å². The van der Waals surface area contributed by atoms with E-state index in [2.05, 4.69) is 22.0 Å². The minimum Gasteiger partial charge on any atom is -0.355 e. The molecule has 130 valence electrons. The van der Waals surface area contributed by atoms with Crippen molar-refractivity contribution in [3.05, 3.63) is 54.0 Å². The van der Waals surface area contributed by atoms with Crippen LogP contribution < -0.4 is 4.90 Å². The Morgan fingerprint density at radius 3 is 2.68 bits per heavy atom. The highest BCUT2D eigenvalue weighted by atomic mass is 16.2. The Kier molecular flexibility index (Phi) is 4.63. The van der Waals surface area contributed by atoms with E-state index >= 15 is 0 Å². The van der Waals surface area contributed by atoms with Gasteiger partial charge in [-0.2, -0.15) is 0 Å². The van der Waals surface area contributed by atoms with E-state index in [1.807, 2.05) is 35.4 Å². The molecule has 2 aromatic rings. The topological polar surface area (TPSA) is 49.3 Å². The molecular weight excluding hydrogens is 312 g/mol.